The molecule has 2 aliphatic heterocycles. The third-order valence-electron chi connectivity index (χ3n) is 5.97. The molecule has 2 heterocycles. The number of hydrogen-bond acceptors (Lipinski definition) is 2. The Bertz CT molecular complexity index is 587. The molecule has 4 rings (SSSR count). The van der Waals surface area contributed by atoms with Crippen LogP contribution in [0.1, 0.15) is 50.5 Å². The van der Waals surface area contributed by atoms with Gasteiger partial charge in [-0.3, -0.25) is 4.79 Å². The minimum atomic E-state index is 0.170. The van der Waals surface area contributed by atoms with E-state index in [1.807, 2.05) is 6.07 Å². The third kappa shape index (κ3) is 3.34. The van der Waals surface area contributed by atoms with Crippen molar-refractivity contribution in [2.24, 2.45) is 5.92 Å². The molecule has 0 spiro atoms. The lowest BCUT2D eigenvalue weighted by Crippen LogP contribution is -2.40. The van der Waals surface area contributed by atoms with Crippen molar-refractivity contribution in [3.63, 3.8) is 0 Å². The van der Waals surface area contributed by atoms with Crippen molar-refractivity contribution in [2.75, 3.05) is 6.54 Å². The second-order valence-electron chi connectivity index (χ2n) is 7.72. The largest absolute Gasteiger partial charge is 0.355 e. The standard InChI is InChI=1S/C19H25BrN2O/c20-17-4-2-1-3-16(17)19(7-8-19)12-21-18(23)11-13-9-14-5-6-15(10-13)22-14/h1-4,13-15,22H,5-12H2,(H,21,23). The van der Waals surface area contributed by atoms with Crippen LogP contribution >= 0.6 is 15.9 Å². The number of fused-ring (bicyclic) bond motifs is 2. The lowest BCUT2D eigenvalue weighted by atomic mass is 9.89. The normalized spacial score (nSPS) is 30.9. The van der Waals surface area contributed by atoms with E-state index >= 15 is 0 Å². The Kier molecular flexibility index (Phi) is 4.22. The van der Waals surface area contributed by atoms with E-state index in [-0.39, 0.29) is 11.3 Å². The van der Waals surface area contributed by atoms with E-state index in [1.165, 1.54) is 48.6 Å². The molecular weight excluding hydrogens is 352 g/mol. The Morgan fingerprint density at radius 3 is 2.57 bits per heavy atom. The molecule has 1 saturated carbocycles. The van der Waals surface area contributed by atoms with Crippen LogP contribution in [0, 0.1) is 5.92 Å². The lowest BCUT2D eigenvalue weighted by Gasteiger charge is -2.29. The highest BCUT2D eigenvalue weighted by Crippen LogP contribution is 2.50. The molecule has 2 N–H and O–H groups in total. The minimum Gasteiger partial charge on any atom is -0.355 e. The molecule has 23 heavy (non-hydrogen) atoms. The Labute approximate surface area is 146 Å². The van der Waals surface area contributed by atoms with E-state index in [1.54, 1.807) is 0 Å². The summed E-state index contributed by atoms with van der Waals surface area (Å²) < 4.78 is 1.17. The van der Waals surface area contributed by atoms with E-state index in [0.29, 0.717) is 24.4 Å². The van der Waals surface area contributed by atoms with Crippen molar-refractivity contribution in [2.45, 2.75) is 62.4 Å². The van der Waals surface area contributed by atoms with Crippen LogP contribution in [-0.2, 0) is 10.2 Å². The first kappa shape index (κ1) is 15.6. The SMILES string of the molecule is O=C(CC1CC2CCC(C1)N2)NCC1(c2ccccc2Br)CC1. The summed E-state index contributed by atoms with van der Waals surface area (Å²) in [6.07, 6.45) is 8.02. The Morgan fingerprint density at radius 2 is 1.91 bits per heavy atom. The zero-order valence-corrected chi connectivity index (χ0v) is 15.1. The molecule has 3 nitrogen and oxygen atoms in total. The van der Waals surface area contributed by atoms with Crippen LogP contribution in [0.5, 0.6) is 0 Å². The van der Waals surface area contributed by atoms with Gasteiger partial charge in [0.2, 0.25) is 5.91 Å². The maximum Gasteiger partial charge on any atom is 0.220 e. The second kappa shape index (κ2) is 6.21. The summed E-state index contributed by atoms with van der Waals surface area (Å²) in [5, 5.41) is 6.88. The monoisotopic (exact) mass is 376 g/mol. The molecule has 2 saturated heterocycles. The van der Waals surface area contributed by atoms with Crippen LogP contribution in [0.2, 0.25) is 0 Å². The maximum absolute atomic E-state index is 12.4. The average molecular weight is 377 g/mol. The number of halogens is 1. The van der Waals surface area contributed by atoms with Gasteiger partial charge in [0, 0.05) is 34.9 Å². The van der Waals surface area contributed by atoms with Crippen molar-refractivity contribution < 1.29 is 4.79 Å². The lowest BCUT2D eigenvalue weighted by molar-refractivity contribution is -0.122. The van der Waals surface area contributed by atoms with Gasteiger partial charge in [0.15, 0.2) is 0 Å². The van der Waals surface area contributed by atoms with E-state index in [2.05, 4.69) is 44.8 Å². The van der Waals surface area contributed by atoms with Gasteiger partial charge in [-0.25, -0.2) is 0 Å². The molecule has 2 unspecified atom stereocenters. The molecule has 2 atom stereocenters. The maximum atomic E-state index is 12.4. The molecule has 1 aromatic rings. The second-order valence-corrected chi connectivity index (χ2v) is 8.57. The van der Waals surface area contributed by atoms with E-state index < -0.39 is 0 Å². The zero-order chi connectivity index (χ0) is 15.9. The van der Waals surface area contributed by atoms with Gasteiger partial charge in [0.25, 0.3) is 0 Å². The van der Waals surface area contributed by atoms with E-state index in [4.69, 9.17) is 0 Å². The van der Waals surface area contributed by atoms with Gasteiger partial charge in [-0.15, -0.1) is 0 Å². The van der Waals surface area contributed by atoms with Gasteiger partial charge in [0.1, 0.15) is 0 Å². The molecule has 0 radical (unpaired) electrons. The Balaban J connectivity index is 1.31. The van der Waals surface area contributed by atoms with Crippen LogP contribution < -0.4 is 10.6 Å². The van der Waals surface area contributed by atoms with Crippen LogP contribution in [-0.4, -0.2) is 24.5 Å². The first-order valence-corrected chi connectivity index (χ1v) is 9.72. The van der Waals surface area contributed by atoms with Gasteiger partial charge < -0.3 is 10.6 Å². The van der Waals surface area contributed by atoms with Gasteiger partial charge in [0.05, 0.1) is 0 Å². The molecule has 124 valence electrons. The molecule has 2 bridgehead atoms. The topological polar surface area (TPSA) is 41.1 Å². The number of amides is 1. The van der Waals surface area contributed by atoms with Crippen LogP contribution in [0.3, 0.4) is 0 Å². The molecule has 3 fully saturated rings. The quantitative estimate of drug-likeness (QED) is 0.825. The Morgan fingerprint density at radius 1 is 1.22 bits per heavy atom. The predicted molar refractivity (Wildman–Crippen MR) is 95.4 cm³/mol. The minimum absolute atomic E-state index is 0.170. The summed E-state index contributed by atoms with van der Waals surface area (Å²) >= 11 is 3.66. The highest BCUT2D eigenvalue weighted by molar-refractivity contribution is 9.10. The molecule has 0 aromatic heterocycles. The van der Waals surface area contributed by atoms with Crippen molar-refractivity contribution in [3.8, 4) is 0 Å². The number of carbonyl (C=O) groups excluding carboxylic acids is 1. The van der Waals surface area contributed by atoms with Gasteiger partial charge >= 0.3 is 0 Å². The number of hydrogen-bond donors (Lipinski definition) is 2. The van der Waals surface area contributed by atoms with Crippen LogP contribution in [0.25, 0.3) is 0 Å². The predicted octanol–water partition coefficient (Wildman–Crippen LogP) is 3.52. The molecule has 4 heteroatoms. The fraction of sp³-hybridized carbons (Fsp3) is 0.632. The fourth-order valence-electron chi connectivity index (χ4n) is 4.53. The summed E-state index contributed by atoms with van der Waals surface area (Å²) in [6.45, 7) is 0.784. The number of carbonyl (C=O) groups is 1. The van der Waals surface area contributed by atoms with Crippen molar-refractivity contribution >= 4 is 21.8 Å². The number of nitrogens with one attached hydrogen (secondary N) is 2. The van der Waals surface area contributed by atoms with E-state index in [9.17, 15) is 4.79 Å². The number of benzene rings is 1. The van der Waals surface area contributed by atoms with Crippen molar-refractivity contribution in [3.05, 3.63) is 34.3 Å². The first-order chi connectivity index (χ1) is 11.1. The molecule has 1 amide bonds. The average Bonchev–Trinajstić information content (AvgIpc) is 3.25. The van der Waals surface area contributed by atoms with Crippen molar-refractivity contribution in [1.82, 2.24) is 10.6 Å². The summed E-state index contributed by atoms with van der Waals surface area (Å²) in [5.74, 6) is 0.821. The van der Waals surface area contributed by atoms with Crippen molar-refractivity contribution in [1.29, 1.82) is 0 Å². The smallest absolute Gasteiger partial charge is 0.220 e. The summed E-state index contributed by atoms with van der Waals surface area (Å²) in [4.78, 5) is 12.4. The Hall–Kier alpha value is -0.870. The molecular formula is C19H25BrN2O. The van der Waals surface area contributed by atoms with Gasteiger partial charge in [-0.05, 0) is 56.1 Å². The highest BCUT2D eigenvalue weighted by Gasteiger charge is 2.45. The first-order valence-electron chi connectivity index (χ1n) is 8.92. The summed E-state index contributed by atoms with van der Waals surface area (Å²) in [6, 6.07) is 9.76. The molecule has 3 aliphatic rings. The van der Waals surface area contributed by atoms with Gasteiger partial charge in [-0.1, -0.05) is 34.1 Å². The number of piperidine rings is 1. The van der Waals surface area contributed by atoms with Crippen LogP contribution in [0.15, 0.2) is 28.7 Å². The summed E-state index contributed by atoms with van der Waals surface area (Å²) in [5.41, 5.74) is 1.52. The zero-order valence-electron chi connectivity index (χ0n) is 13.5. The number of rotatable bonds is 5. The summed E-state index contributed by atoms with van der Waals surface area (Å²) in [7, 11) is 0. The highest BCUT2D eigenvalue weighted by atomic mass is 79.9. The third-order valence-corrected chi connectivity index (χ3v) is 6.66. The van der Waals surface area contributed by atoms with E-state index in [0.717, 1.165) is 6.54 Å². The van der Waals surface area contributed by atoms with Crippen LogP contribution in [0.4, 0.5) is 0 Å². The van der Waals surface area contributed by atoms with Gasteiger partial charge in [-0.2, -0.15) is 0 Å². The molecule has 1 aromatic carbocycles. The molecule has 1 aliphatic carbocycles. The fourth-order valence-corrected chi connectivity index (χ4v) is 5.23.